The van der Waals surface area contributed by atoms with E-state index in [9.17, 15) is 0 Å². The van der Waals surface area contributed by atoms with Crippen LogP contribution < -0.4 is 0 Å². The molecule has 1 fully saturated rings. The van der Waals surface area contributed by atoms with E-state index in [0.717, 1.165) is 0 Å². The fraction of sp³-hybridized carbons (Fsp3) is 1.00. The summed E-state index contributed by atoms with van der Waals surface area (Å²) in [5.41, 5.74) is 0. The van der Waals surface area contributed by atoms with Crippen LogP contribution in [0, 0.1) is 5.92 Å². The lowest BCUT2D eigenvalue weighted by Crippen LogP contribution is -2.42. The number of rotatable bonds is 0. The van der Waals surface area contributed by atoms with Crippen molar-refractivity contribution in [2.75, 3.05) is 13.2 Å². The third kappa shape index (κ3) is 1.41. The molecule has 0 amide bonds. The second-order valence-corrected chi connectivity index (χ2v) is 2.57. The van der Waals surface area contributed by atoms with Gasteiger partial charge in [0, 0.05) is 5.92 Å². The molecule has 2 N–H and O–H groups in total. The van der Waals surface area contributed by atoms with Crippen molar-refractivity contribution in [1.82, 2.24) is 0 Å². The highest BCUT2D eigenvalue weighted by Gasteiger charge is 2.27. The molecule has 0 aliphatic carbocycles. The number of hydrogen-bond acceptors (Lipinski definition) is 3. The molecule has 0 saturated carbocycles. The smallest absolute Gasteiger partial charge is 0.103 e. The normalized spacial score (nSPS) is 45.0. The summed E-state index contributed by atoms with van der Waals surface area (Å²) in [7, 11) is 0. The molecule has 0 aromatic carbocycles. The average Bonchev–Trinajstić information content (AvgIpc) is 1.83. The van der Waals surface area contributed by atoms with E-state index in [1.807, 2.05) is 6.92 Å². The van der Waals surface area contributed by atoms with Crippen LogP contribution in [-0.2, 0) is 4.74 Å². The van der Waals surface area contributed by atoms with Crippen molar-refractivity contribution in [3.05, 3.63) is 0 Å². The summed E-state index contributed by atoms with van der Waals surface area (Å²) in [5.74, 6) is 0.0637. The molecule has 0 aromatic heterocycles. The van der Waals surface area contributed by atoms with Crippen LogP contribution in [-0.4, -0.2) is 35.6 Å². The van der Waals surface area contributed by atoms with E-state index >= 15 is 0 Å². The van der Waals surface area contributed by atoms with Crippen LogP contribution in [0.4, 0.5) is 0 Å². The molecule has 3 unspecified atom stereocenters. The van der Waals surface area contributed by atoms with Gasteiger partial charge in [0.1, 0.15) is 6.10 Å². The first-order chi connectivity index (χ1) is 4.22. The Balaban J connectivity index is 2.41. The molecule has 1 rings (SSSR count). The van der Waals surface area contributed by atoms with Gasteiger partial charge in [-0.25, -0.2) is 0 Å². The van der Waals surface area contributed by atoms with Crippen molar-refractivity contribution in [3.63, 3.8) is 0 Å². The number of ether oxygens (including phenoxy) is 1. The Hall–Kier alpha value is -0.120. The summed E-state index contributed by atoms with van der Waals surface area (Å²) in [6, 6.07) is 0. The zero-order valence-electron chi connectivity index (χ0n) is 5.45. The lowest BCUT2D eigenvalue weighted by molar-refractivity contribution is -0.115. The van der Waals surface area contributed by atoms with E-state index in [1.54, 1.807) is 0 Å². The predicted octanol–water partition coefficient (Wildman–Crippen LogP) is -0.626. The van der Waals surface area contributed by atoms with Gasteiger partial charge >= 0.3 is 0 Å². The van der Waals surface area contributed by atoms with Crippen LogP contribution in [0.15, 0.2) is 0 Å². The zero-order chi connectivity index (χ0) is 6.85. The highest BCUT2D eigenvalue weighted by Crippen LogP contribution is 2.13. The lowest BCUT2D eigenvalue weighted by Gasteiger charge is -2.28. The van der Waals surface area contributed by atoms with Crippen molar-refractivity contribution in [2.45, 2.75) is 19.1 Å². The van der Waals surface area contributed by atoms with Crippen LogP contribution in [0.5, 0.6) is 0 Å². The summed E-state index contributed by atoms with van der Waals surface area (Å²) >= 11 is 0. The molecule has 3 nitrogen and oxygen atoms in total. The Labute approximate surface area is 54.3 Å². The monoisotopic (exact) mass is 132 g/mol. The third-order valence-electron chi connectivity index (χ3n) is 1.65. The van der Waals surface area contributed by atoms with Crippen molar-refractivity contribution < 1.29 is 14.9 Å². The predicted molar refractivity (Wildman–Crippen MR) is 32.0 cm³/mol. The molecule has 0 bridgehead atoms. The van der Waals surface area contributed by atoms with Gasteiger partial charge in [0.05, 0.1) is 19.3 Å². The number of aliphatic hydroxyl groups is 2. The SMILES string of the molecule is CC1COCC(O)C1O. The lowest BCUT2D eigenvalue weighted by atomic mass is 9.99. The number of aliphatic hydroxyl groups excluding tert-OH is 2. The van der Waals surface area contributed by atoms with Crippen LogP contribution in [0.2, 0.25) is 0 Å². The first-order valence-electron chi connectivity index (χ1n) is 3.15. The van der Waals surface area contributed by atoms with Gasteiger partial charge in [-0.05, 0) is 0 Å². The topological polar surface area (TPSA) is 49.7 Å². The van der Waals surface area contributed by atoms with Gasteiger partial charge in [0.25, 0.3) is 0 Å². The van der Waals surface area contributed by atoms with Gasteiger partial charge in [-0.2, -0.15) is 0 Å². The first kappa shape index (κ1) is 6.99. The largest absolute Gasteiger partial charge is 0.390 e. The van der Waals surface area contributed by atoms with E-state index < -0.39 is 12.2 Å². The summed E-state index contributed by atoms with van der Waals surface area (Å²) in [6.07, 6.45) is -1.28. The Kier molecular flexibility index (Phi) is 2.05. The molecule has 54 valence electrons. The quantitative estimate of drug-likeness (QED) is 0.461. The Morgan fingerprint density at radius 1 is 1.33 bits per heavy atom. The molecule has 0 aromatic rings. The summed E-state index contributed by atoms with van der Waals surface area (Å²) in [5, 5.41) is 18.1. The maximum Gasteiger partial charge on any atom is 0.103 e. The van der Waals surface area contributed by atoms with Crippen LogP contribution >= 0.6 is 0 Å². The molecule has 3 heteroatoms. The van der Waals surface area contributed by atoms with Gasteiger partial charge in [0.2, 0.25) is 0 Å². The second-order valence-electron chi connectivity index (χ2n) is 2.57. The van der Waals surface area contributed by atoms with E-state index in [0.29, 0.717) is 6.61 Å². The maximum absolute atomic E-state index is 9.12. The molecule has 0 spiro atoms. The Bertz CT molecular complexity index is 84.3. The molecule has 3 atom stereocenters. The first-order valence-corrected chi connectivity index (χ1v) is 3.15. The van der Waals surface area contributed by atoms with Crippen LogP contribution in [0.1, 0.15) is 6.92 Å². The van der Waals surface area contributed by atoms with Crippen molar-refractivity contribution >= 4 is 0 Å². The number of hydrogen-bond donors (Lipinski definition) is 2. The minimum atomic E-state index is -0.686. The molecular formula is C6H12O3. The minimum absolute atomic E-state index is 0.0637. The van der Waals surface area contributed by atoms with Crippen molar-refractivity contribution in [1.29, 1.82) is 0 Å². The van der Waals surface area contributed by atoms with Crippen molar-refractivity contribution in [3.8, 4) is 0 Å². The molecule has 1 heterocycles. The summed E-state index contributed by atoms with van der Waals surface area (Å²) < 4.78 is 4.95. The minimum Gasteiger partial charge on any atom is -0.390 e. The van der Waals surface area contributed by atoms with Gasteiger partial charge in [-0.3, -0.25) is 0 Å². The Morgan fingerprint density at radius 3 is 2.44 bits per heavy atom. The van der Waals surface area contributed by atoms with Gasteiger partial charge < -0.3 is 14.9 Å². The highest BCUT2D eigenvalue weighted by atomic mass is 16.5. The fourth-order valence-electron chi connectivity index (χ4n) is 0.951. The molecule has 0 radical (unpaired) electrons. The maximum atomic E-state index is 9.12. The second kappa shape index (κ2) is 2.64. The molecule has 1 saturated heterocycles. The van der Waals surface area contributed by atoms with Gasteiger partial charge in [-0.15, -0.1) is 0 Å². The summed E-state index contributed by atoms with van der Waals surface area (Å²) in [4.78, 5) is 0. The molecule has 1 aliphatic rings. The standard InChI is InChI=1S/C6H12O3/c1-4-2-9-3-5(7)6(4)8/h4-8H,2-3H2,1H3. The molecule has 9 heavy (non-hydrogen) atoms. The molecular weight excluding hydrogens is 120 g/mol. The van der Waals surface area contributed by atoms with E-state index in [1.165, 1.54) is 0 Å². The van der Waals surface area contributed by atoms with Crippen LogP contribution in [0.3, 0.4) is 0 Å². The Morgan fingerprint density at radius 2 is 2.00 bits per heavy atom. The fourth-order valence-corrected chi connectivity index (χ4v) is 0.951. The average molecular weight is 132 g/mol. The van der Waals surface area contributed by atoms with Gasteiger partial charge in [0.15, 0.2) is 0 Å². The third-order valence-corrected chi connectivity index (χ3v) is 1.65. The van der Waals surface area contributed by atoms with Crippen molar-refractivity contribution in [2.24, 2.45) is 5.92 Å². The highest BCUT2D eigenvalue weighted by molar-refractivity contribution is 4.76. The van der Waals surface area contributed by atoms with Gasteiger partial charge in [-0.1, -0.05) is 6.92 Å². The van der Waals surface area contributed by atoms with E-state index in [2.05, 4.69) is 0 Å². The van der Waals surface area contributed by atoms with Crippen LogP contribution in [0.25, 0.3) is 0 Å². The summed E-state index contributed by atoms with van der Waals surface area (Å²) in [6.45, 7) is 2.68. The molecule has 1 aliphatic heterocycles. The van der Waals surface area contributed by atoms with E-state index in [-0.39, 0.29) is 12.5 Å². The van der Waals surface area contributed by atoms with E-state index in [4.69, 9.17) is 14.9 Å². The zero-order valence-corrected chi connectivity index (χ0v) is 5.45.